The number of hydrogen-bond donors (Lipinski definition) is 3. The number of phenolic OH excluding ortho intramolecular Hbond substituents is 1. The SMILES string of the molecule is COC(=O)c1cccc(-c2cccc(C(N)=O)c2O)c1O. The second-order valence-electron chi connectivity index (χ2n) is 4.26. The summed E-state index contributed by atoms with van der Waals surface area (Å²) in [6.45, 7) is 0. The number of carbonyl (C=O) groups excluding carboxylic acids is 2. The number of ether oxygens (including phenoxy) is 1. The topological polar surface area (TPSA) is 110 Å². The Labute approximate surface area is 120 Å². The van der Waals surface area contributed by atoms with Crippen LogP contribution in [0.1, 0.15) is 20.7 Å². The molecule has 1 amide bonds. The van der Waals surface area contributed by atoms with Crippen LogP contribution in [0.25, 0.3) is 11.1 Å². The first-order valence-corrected chi connectivity index (χ1v) is 5.99. The van der Waals surface area contributed by atoms with Crippen molar-refractivity contribution in [3.8, 4) is 22.6 Å². The van der Waals surface area contributed by atoms with E-state index in [1.54, 1.807) is 0 Å². The van der Waals surface area contributed by atoms with Gasteiger partial charge in [0.05, 0.1) is 12.7 Å². The van der Waals surface area contributed by atoms with Gasteiger partial charge in [-0.1, -0.05) is 24.3 Å². The summed E-state index contributed by atoms with van der Waals surface area (Å²) in [6, 6.07) is 8.79. The van der Waals surface area contributed by atoms with Gasteiger partial charge in [0, 0.05) is 11.1 Å². The van der Waals surface area contributed by atoms with E-state index >= 15 is 0 Å². The minimum atomic E-state index is -0.794. The van der Waals surface area contributed by atoms with Crippen LogP contribution >= 0.6 is 0 Å². The number of primary amides is 1. The molecule has 0 aliphatic carbocycles. The number of benzene rings is 2. The van der Waals surface area contributed by atoms with Crippen molar-refractivity contribution < 1.29 is 24.5 Å². The number of nitrogens with two attached hydrogens (primary N) is 1. The summed E-state index contributed by atoms with van der Waals surface area (Å²) in [4.78, 5) is 22.8. The summed E-state index contributed by atoms with van der Waals surface area (Å²) in [7, 11) is 1.19. The Bertz CT molecular complexity index is 724. The summed E-state index contributed by atoms with van der Waals surface area (Å²) in [5.74, 6) is -2.21. The van der Waals surface area contributed by atoms with Crippen molar-refractivity contribution in [1.82, 2.24) is 0 Å². The number of methoxy groups -OCH3 is 1. The molecule has 6 nitrogen and oxygen atoms in total. The predicted octanol–water partition coefficient (Wildman–Crippen LogP) is 1.65. The smallest absolute Gasteiger partial charge is 0.341 e. The maximum Gasteiger partial charge on any atom is 0.341 e. The predicted molar refractivity (Wildman–Crippen MR) is 75.1 cm³/mol. The summed E-state index contributed by atoms with van der Waals surface area (Å²) >= 11 is 0. The Morgan fingerprint density at radius 1 is 0.952 bits per heavy atom. The number of amides is 1. The van der Waals surface area contributed by atoms with Gasteiger partial charge >= 0.3 is 5.97 Å². The van der Waals surface area contributed by atoms with Gasteiger partial charge in [0.1, 0.15) is 17.1 Å². The quantitative estimate of drug-likeness (QED) is 0.743. The van der Waals surface area contributed by atoms with E-state index in [4.69, 9.17) is 5.73 Å². The summed E-state index contributed by atoms with van der Waals surface area (Å²) in [5, 5.41) is 20.3. The van der Waals surface area contributed by atoms with Gasteiger partial charge in [-0.25, -0.2) is 4.79 Å². The number of esters is 1. The standard InChI is InChI=1S/C15H13NO5/c1-21-15(20)11-7-3-5-9(13(11)18)8-4-2-6-10(12(8)17)14(16)19/h2-7,17-18H,1H3,(H2,16,19). The lowest BCUT2D eigenvalue weighted by molar-refractivity contribution is 0.0597. The molecule has 0 heterocycles. The van der Waals surface area contributed by atoms with Crippen LogP contribution in [0.15, 0.2) is 36.4 Å². The van der Waals surface area contributed by atoms with Crippen LogP contribution in [0.4, 0.5) is 0 Å². The average Bonchev–Trinajstić information content (AvgIpc) is 2.47. The molecule has 0 radical (unpaired) electrons. The van der Waals surface area contributed by atoms with Crippen molar-refractivity contribution in [2.45, 2.75) is 0 Å². The molecule has 0 atom stereocenters. The van der Waals surface area contributed by atoms with E-state index in [0.29, 0.717) is 0 Å². The van der Waals surface area contributed by atoms with Crippen molar-refractivity contribution in [3.63, 3.8) is 0 Å². The fourth-order valence-electron chi connectivity index (χ4n) is 2.00. The van der Waals surface area contributed by atoms with Crippen LogP contribution in [0, 0.1) is 0 Å². The first kappa shape index (κ1) is 14.4. The summed E-state index contributed by atoms with van der Waals surface area (Å²) in [5.41, 5.74) is 5.43. The second kappa shape index (κ2) is 5.54. The van der Waals surface area contributed by atoms with E-state index in [2.05, 4.69) is 4.74 Å². The van der Waals surface area contributed by atoms with Crippen molar-refractivity contribution in [2.24, 2.45) is 5.73 Å². The van der Waals surface area contributed by atoms with Gasteiger partial charge in [-0.2, -0.15) is 0 Å². The zero-order valence-corrected chi connectivity index (χ0v) is 11.2. The average molecular weight is 287 g/mol. The van der Waals surface area contributed by atoms with E-state index in [0.717, 1.165) is 0 Å². The molecule has 108 valence electrons. The molecule has 0 spiro atoms. The third kappa shape index (κ3) is 2.51. The number of carbonyl (C=O) groups is 2. The van der Waals surface area contributed by atoms with E-state index < -0.39 is 11.9 Å². The Balaban J connectivity index is 2.66. The minimum Gasteiger partial charge on any atom is -0.506 e. The molecule has 2 rings (SSSR count). The van der Waals surface area contributed by atoms with Gasteiger partial charge in [-0.05, 0) is 12.1 Å². The molecule has 0 aliphatic heterocycles. The molecular formula is C15H13NO5. The molecule has 4 N–H and O–H groups in total. The number of aromatic hydroxyl groups is 2. The second-order valence-corrected chi connectivity index (χ2v) is 4.26. The number of phenols is 2. The third-order valence-electron chi connectivity index (χ3n) is 3.03. The van der Waals surface area contributed by atoms with Crippen molar-refractivity contribution in [1.29, 1.82) is 0 Å². The van der Waals surface area contributed by atoms with Crippen LogP contribution in [0.5, 0.6) is 11.5 Å². The largest absolute Gasteiger partial charge is 0.506 e. The molecule has 2 aromatic rings. The lowest BCUT2D eigenvalue weighted by atomic mass is 9.98. The highest BCUT2D eigenvalue weighted by atomic mass is 16.5. The lowest BCUT2D eigenvalue weighted by Crippen LogP contribution is -2.11. The molecule has 0 unspecified atom stereocenters. The molecule has 0 aliphatic rings. The lowest BCUT2D eigenvalue weighted by Gasteiger charge is -2.11. The van der Waals surface area contributed by atoms with Gasteiger partial charge in [0.2, 0.25) is 0 Å². The van der Waals surface area contributed by atoms with Crippen LogP contribution in [-0.4, -0.2) is 29.2 Å². The van der Waals surface area contributed by atoms with Crippen molar-refractivity contribution in [3.05, 3.63) is 47.5 Å². The molecule has 6 heteroatoms. The van der Waals surface area contributed by atoms with E-state index in [1.807, 2.05) is 0 Å². The Morgan fingerprint density at radius 3 is 1.90 bits per heavy atom. The maximum atomic E-state index is 11.6. The fourth-order valence-corrected chi connectivity index (χ4v) is 2.00. The first-order valence-electron chi connectivity index (χ1n) is 5.99. The monoisotopic (exact) mass is 287 g/mol. The molecular weight excluding hydrogens is 274 g/mol. The molecule has 0 saturated carbocycles. The summed E-state index contributed by atoms with van der Waals surface area (Å²) in [6.07, 6.45) is 0. The van der Waals surface area contributed by atoms with Crippen LogP contribution < -0.4 is 5.73 Å². The van der Waals surface area contributed by atoms with Gasteiger partial charge in [0.25, 0.3) is 5.91 Å². The number of rotatable bonds is 3. The Kier molecular flexibility index (Phi) is 3.80. The molecule has 0 saturated heterocycles. The zero-order chi connectivity index (χ0) is 15.6. The highest BCUT2D eigenvalue weighted by Gasteiger charge is 2.19. The molecule has 0 fully saturated rings. The van der Waals surface area contributed by atoms with Gasteiger partial charge < -0.3 is 20.7 Å². The highest BCUT2D eigenvalue weighted by Crippen LogP contribution is 2.38. The van der Waals surface area contributed by atoms with Crippen LogP contribution in [0.3, 0.4) is 0 Å². The van der Waals surface area contributed by atoms with Crippen molar-refractivity contribution in [2.75, 3.05) is 7.11 Å². The van der Waals surface area contributed by atoms with E-state index in [9.17, 15) is 19.8 Å². The maximum absolute atomic E-state index is 11.6. The van der Waals surface area contributed by atoms with Crippen molar-refractivity contribution >= 4 is 11.9 Å². The fraction of sp³-hybridized carbons (Fsp3) is 0.0667. The molecule has 21 heavy (non-hydrogen) atoms. The van der Waals surface area contributed by atoms with Gasteiger partial charge in [0.15, 0.2) is 0 Å². The molecule has 2 aromatic carbocycles. The third-order valence-corrected chi connectivity index (χ3v) is 3.03. The van der Waals surface area contributed by atoms with Gasteiger partial charge in [-0.15, -0.1) is 0 Å². The minimum absolute atomic E-state index is 0.0427. The van der Waals surface area contributed by atoms with E-state index in [1.165, 1.54) is 43.5 Å². The van der Waals surface area contributed by atoms with Gasteiger partial charge in [-0.3, -0.25) is 4.79 Å². The number of hydrogen-bond acceptors (Lipinski definition) is 5. The highest BCUT2D eigenvalue weighted by molar-refractivity contribution is 6.00. The Hall–Kier alpha value is -3.02. The molecule has 0 aromatic heterocycles. The Morgan fingerprint density at radius 2 is 1.43 bits per heavy atom. The van der Waals surface area contributed by atoms with Crippen LogP contribution in [0.2, 0.25) is 0 Å². The number of para-hydroxylation sites is 2. The first-order chi connectivity index (χ1) is 9.97. The van der Waals surface area contributed by atoms with E-state index in [-0.39, 0.29) is 33.8 Å². The molecule has 0 bridgehead atoms. The zero-order valence-electron chi connectivity index (χ0n) is 11.2. The summed E-state index contributed by atoms with van der Waals surface area (Å²) < 4.78 is 4.56. The normalized spacial score (nSPS) is 10.1. The van der Waals surface area contributed by atoms with Crippen LogP contribution in [-0.2, 0) is 4.74 Å².